The largest absolute Gasteiger partial charge is 0.480 e. The maximum atomic E-state index is 11.9. The molecule has 0 aliphatic heterocycles. The highest BCUT2D eigenvalue weighted by Gasteiger charge is 2.34. The number of benzene rings is 1. The van der Waals surface area contributed by atoms with Crippen LogP contribution in [0.5, 0.6) is 0 Å². The van der Waals surface area contributed by atoms with Crippen LogP contribution in [0.1, 0.15) is 19.4 Å². The fraction of sp³-hybridized carbons (Fsp3) is 0.357. The second kappa shape index (κ2) is 8.39. The number of hydrogen-bond acceptors (Lipinski definition) is 4. The summed E-state index contributed by atoms with van der Waals surface area (Å²) in [7, 11) is 0. The molecule has 0 saturated carbocycles. The van der Waals surface area contributed by atoms with Crippen molar-refractivity contribution >= 4 is 30.2 Å². The van der Waals surface area contributed by atoms with Gasteiger partial charge in [0.2, 0.25) is 11.8 Å². The molecule has 0 spiro atoms. The van der Waals surface area contributed by atoms with Crippen LogP contribution in [0.25, 0.3) is 0 Å². The molecule has 0 fully saturated rings. The molecule has 0 aliphatic carbocycles. The van der Waals surface area contributed by atoms with Crippen molar-refractivity contribution in [2.24, 2.45) is 5.73 Å². The lowest BCUT2D eigenvalue weighted by molar-refractivity contribution is -0.157. The minimum Gasteiger partial charge on any atom is -0.480 e. The molecular weight excluding hydrogens is 296 g/mol. The van der Waals surface area contributed by atoms with Crippen molar-refractivity contribution < 1.29 is 19.5 Å². The molecule has 1 aromatic rings. The summed E-state index contributed by atoms with van der Waals surface area (Å²) >= 11 is 0. The van der Waals surface area contributed by atoms with Crippen molar-refractivity contribution in [2.75, 3.05) is 0 Å². The molecule has 0 aromatic heterocycles. The van der Waals surface area contributed by atoms with Crippen LogP contribution in [0.3, 0.4) is 0 Å². The monoisotopic (exact) mass is 314 g/mol. The SMILES string of the molecule is CC(=O)N(C(=O)[C@H](C)N)[C@@H](Cc1ccccc1)C(=O)O.Cl. The van der Waals surface area contributed by atoms with Crippen LogP contribution in [-0.4, -0.2) is 39.9 Å². The van der Waals surface area contributed by atoms with Gasteiger partial charge in [0.25, 0.3) is 0 Å². The number of carboxylic acid groups (broad SMARTS) is 1. The number of rotatable bonds is 5. The van der Waals surface area contributed by atoms with Gasteiger partial charge in [-0.05, 0) is 12.5 Å². The number of nitrogens with zero attached hydrogens (tertiary/aromatic N) is 1. The van der Waals surface area contributed by atoms with Crippen LogP contribution in [0.15, 0.2) is 30.3 Å². The zero-order valence-electron chi connectivity index (χ0n) is 11.9. The lowest BCUT2D eigenvalue weighted by Gasteiger charge is -2.27. The van der Waals surface area contributed by atoms with E-state index < -0.39 is 29.9 Å². The van der Waals surface area contributed by atoms with E-state index in [0.717, 1.165) is 17.4 Å². The molecule has 2 atom stereocenters. The summed E-state index contributed by atoms with van der Waals surface area (Å²) in [4.78, 5) is 35.7. The number of carbonyl (C=O) groups excluding carboxylic acids is 2. The Hall–Kier alpha value is -1.92. The number of halogens is 1. The third-order valence-corrected chi connectivity index (χ3v) is 2.83. The van der Waals surface area contributed by atoms with Gasteiger partial charge in [0, 0.05) is 13.3 Å². The zero-order chi connectivity index (χ0) is 15.3. The van der Waals surface area contributed by atoms with Gasteiger partial charge in [0.05, 0.1) is 6.04 Å². The predicted octanol–water partition coefficient (Wildman–Crippen LogP) is 0.826. The molecule has 0 unspecified atom stereocenters. The van der Waals surface area contributed by atoms with Crippen LogP contribution >= 0.6 is 12.4 Å². The van der Waals surface area contributed by atoms with Gasteiger partial charge in [-0.15, -0.1) is 12.4 Å². The van der Waals surface area contributed by atoms with Gasteiger partial charge in [-0.1, -0.05) is 30.3 Å². The average molecular weight is 315 g/mol. The van der Waals surface area contributed by atoms with Crippen LogP contribution in [0, 0.1) is 0 Å². The first-order valence-corrected chi connectivity index (χ1v) is 6.20. The topological polar surface area (TPSA) is 101 Å². The summed E-state index contributed by atoms with van der Waals surface area (Å²) in [5.74, 6) is -2.56. The molecule has 0 saturated heterocycles. The normalized spacial score (nSPS) is 12.7. The first kappa shape index (κ1) is 19.1. The molecule has 0 aliphatic rings. The summed E-state index contributed by atoms with van der Waals surface area (Å²) in [6.45, 7) is 2.57. The molecule has 0 heterocycles. The Bertz CT molecular complexity index is 505. The number of aliphatic carboxylic acids is 1. The van der Waals surface area contributed by atoms with E-state index in [1.165, 1.54) is 6.92 Å². The molecule has 7 heteroatoms. The van der Waals surface area contributed by atoms with Crippen molar-refractivity contribution in [1.82, 2.24) is 4.90 Å². The van der Waals surface area contributed by atoms with Crippen molar-refractivity contribution in [2.45, 2.75) is 32.4 Å². The zero-order valence-corrected chi connectivity index (χ0v) is 12.7. The number of nitrogens with two attached hydrogens (primary N) is 1. The highest BCUT2D eigenvalue weighted by molar-refractivity contribution is 6.00. The Morgan fingerprint density at radius 1 is 1.24 bits per heavy atom. The number of carbonyl (C=O) groups is 3. The van der Waals surface area contributed by atoms with Gasteiger partial charge in [-0.25, -0.2) is 4.79 Å². The van der Waals surface area contributed by atoms with Gasteiger partial charge in [-0.2, -0.15) is 0 Å². The summed E-state index contributed by atoms with van der Waals surface area (Å²) in [6.07, 6.45) is 0.0498. The van der Waals surface area contributed by atoms with Crippen molar-refractivity contribution in [3.05, 3.63) is 35.9 Å². The van der Waals surface area contributed by atoms with Crippen LogP contribution in [0.4, 0.5) is 0 Å². The van der Waals surface area contributed by atoms with Crippen molar-refractivity contribution in [3.63, 3.8) is 0 Å². The van der Waals surface area contributed by atoms with E-state index in [1.54, 1.807) is 30.3 Å². The molecule has 0 bridgehead atoms. The third-order valence-electron chi connectivity index (χ3n) is 2.83. The van der Waals surface area contributed by atoms with Crippen LogP contribution in [-0.2, 0) is 20.8 Å². The molecule has 1 rings (SSSR count). The minimum atomic E-state index is -1.26. The van der Waals surface area contributed by atoms with E-state index in [-0.39, 0.29) is 18.8 Å². The quantitative estimate of drug-likeness (QED) is 0.838. The Morgan fingerprint density at radius 2 is 1.76 bits per heavy atom. The Labute approximate surface area is 129 Å². The Kier molecular flexibility index (Phi) is 7.62. The summed E-state index contributed by atoms with van der Waals surface area (Å²) in [6, 6.07) is 6.62. The summed E-state index contributed by atoms with van der Waals surface area (Å²) < 4.78 is 0. The van der Waals surface area contributed by atoms with Crippen molar-refractivity contribution in [1.29, 1.82) is 0 Å². The molecule has 116 valence electrons. The van der Waals surface area contributed by atoms with Gasteiger partial charge in [0.15, 0.2) is 0 Å². The van der Waals surface area contributed by atoms with Gasteiger partial charge in [-0.3, -0.25) is 14.5 Å². The minimum absolute atomic E-state index is 0. The van der Waals surface area contributed by atoms with Crippen LogP contribution < -0.4 is 5.73 Å². The highest BCUT2D eigenvalue weighted by Crippen LogP contribution is 2.11. The van der Waals surface area contributed by atoms with Gasteiger partial charge >= 0.3 is 5.97 Å². The second-order valence-electron chi connectivity index (χ2n) is 4.56. The van der Waals surface area contributed by atoms with E-state index in [1.807, 2.05) is 0 Å². The van der Waals surface area contributed by atoms with E-state index >= 15 is 0 Å². The molecule has 3 N–H and O–H groups in total. The maximum Gasteiger partial charge on any atom is 0.327 e. The molecule has 1 aromatic carbocycles. The predicted molar refractivity (Wildman–Crippen MR) is 80.0 cm³/mol. The number of hydrogen-bond donors (Lipinski definition) is 2. The second-order valence-corrected chi connectivity index (χ2v) is 4.56. The third kappa shape index (κ3) is 5.17. The highest BCUT2D eigenvalue weighted by atomic mass is 35.5. The smallest absolute Gasteiger partial charge is 0.327 e. The molecule has 2 amide bonds. The fourth-order valence-corrected chi connectivity index (χ4v) is 1.87. The number of imide groups is 1. The van der Waals surface area contributed by atoms with Gasteiger partial charge in [0.1, 0.15) is 6.04 Å². The lowest BCUT2D eigenvalue weighted by Crippen LogP contribution is -2.53. The Balaban J connectivity index is 0.00000400. The van der Waals surface area contributed by atoms with E-state index in [9.17, 15) is 19.5 Å². The lowest BCUT2D eigenvalue weighted by atomic mass is 10.0. The van der Waals surface area contributed by atoms with Gasteiger partial charge < -0.3 is 10.8 Å². The number of carboxylic acids is 1. The van der Waals surface area contributed by atoms with E-state index in [2.05, 4.69) is 0 Å². The molecule has 21 heavy (non-hydrogen) atoms. The fourth-order valence-electron chi connectivity index (χ4n) is 1.87. The average Bonchev–Trinajstić information content (AvgIpc) is 2.38. The first-order valence-electron chi connectivity index (χ1n) is 6.20. The van der Waals surface area contributed by atoms with E-state index in [4.69, 9.17) is 5.73 Å². The Morgan fingerprint density at radius 3 is 2.14 bits per heavy atom. The molecule has 0 radical (unpaired) electrons. The summed E-state index contributed by atoms with van der Waals surface area (Å²) in [5, 5.41) is 9.30. The van der Waals surface area contributed by atoms with Crippen molar-refractivity contribution in [3.8, 4) is 0 Å². The first-order chi connectivity index (χ1) is 9.34. The standard InChI is InChI=1S/C14H18N2O4.ClH/c1-9(15)13(18)16(10(2)17)12(14(19)20)8-11-6-4-3-5-7-11;/h3-7,9,12H,8,15H2,1-2H3,(H,19,20);1H/t9-,12-;/m0./s1. The van der Waals surface area contributed by atoms with E-state index in [0.29, 0.717) is 0 Å². The maximum absolute atomic E-state index is 11.9. The molecular formula is C14H19ClN2O4. The summed E-state index contributed by atoms with van der Waals surface area (Å²) in [5.41, 5.74) is 6.20. The van der Waals surface area contributed by atoms with Crippen LogP contribution in [0.2, 0.25) is 0 Å². The number of amides is 2. The molecule has 6 nitrogen and oxygen atoms in total.